The summed E-state index contributed by atoms with van der Waals surface area (Å²) in [6.45, 7) is 5.94. The third-order valence-corrected chi connectivity index (χ3v) is 7.40. The van der Waals surface area contributed by atoms with Gasteiger partial charge in [0.15, 0.2) is 0 Å². The molecule has 0 unspecified atom stereocenters. The minimum atomic E-state index is -0.341. The van der Waals surface area contributed by atoms with Gasteiger partial charge < -0.3 is 24.6 Å². The van der Waals surface area contributed by atoms with Crippen LogP contribution in [0.2, 0.25) is 0 Å². The molecule has 5 nitrogen and oxygen atoms in total. The molecule has 0 saturated carbocycles. The maximum atomic E-state index is 11.0. The van der Waals surface area contributed by atoms with Gasteiger partial charge in [0.2, 0.25) is 0 Å². The van der Waals surface area contributed by atoms with Crippen LogP contribution in [-0.4, -0.2) is 30.0 Å². The molecule has 0 spiro atoms. The second-order valence-corrected chi connectivity index (χ2v) is 10.3. The first kappa shape index (κ1) is 27.1. The number of phenols is 1. The van der Waals surface area contributed by atoms with E-state index >= 15 is 0 Å². The Bertz CT molecular complexity index is 1310. The van der Waals surface area contributed by atoms with Crippen LogP contribution >= 0.6 is 0 Å². The normalized spacial score (nSPS) is 20.8. The Morgan fingerprint density at radius 3 is 1.69 bits per heavy atom. The monoisotopic (exact) mass is 523 g/mol. The van der Waals surface area contributed by atoms with E-state index in [0.29, 0.717) is 26.4 Å². The van der Waals surface area contributed by atoms with Crippen molar-refractivity contribution in [3.63, 3.8) is 0 Å². The summed E-state index contributed by atoms with van der Waals surface area (Å²) in [5.41, 5.74) is 6.30. The van der Waals surface area contributed by atoms with Crippen LogP contribution in [0, 0.1) is 13.8 Å². The zero-order valence-electron chi connectivity index (χ0n) is 22.6. The fourth-order valence-electron chi connectivity index (χ4n) is 5.13. The molecule has 2 N–H and O–H groups in total. The molecule has 0 bridgehead atoms. The maximum absolute atomic E-state index is 11.0. The van der Waals surface area contributed by atoms with E-state index in [4.69, 9.17) is 14.2 Å². The molecule has 5 heteroatoms. The van der Waals surface area contributed by atoms with E-state index in [1.807, 2.05) is 67.6 Å². The van der Waals surface area contributed by atoms with Crippen LogP contribution in [0.4, 0.5) is 0 Å². The summed E-state index contributed by atoms with van der Waals surface area (Å²) in [6, 6.07) is 34.0. The molecule has 1 fully saturated rings. The zero-order valence-corrected chi connectivity index (χ0v) is 22.6. The van der Waals surface area contributed by atoms with Crippen LogP contribution in [0.5, 0.6) is 5.75 Å². The van der Waals surface area contributed by atoms with E-state index in [1.165, 1.54) is 0 Å². The Labute approximate surface area is 231 Å². The van der Waals surface area contributed by atoms with Crippen molar-refractivity contribution >= 4 is 0 Å². The Morgan fingerprint density at radius 1 is 0.641 bits per heavy atom. The maximum Gasteiger partial charge on any atom is 0.120 e. The quantitative estimate of drug-likeness (QED) is 0.238. The molecule has 1 aliphatic heterocycles. The van der Waals surface area contributed by atoms with Crippen LogP contribution in [0.15, 0.2) is 103 Å². The Hall–Kier alpha value is -3.48. The highest BCUT2D eigenvalue weighted by molar-refractivity contribution is 5.44. The number of aryl methyl sites for hydroxylation is 2. The van der Waals surface area contributed by atoms with Crippen LogP contribution in [-0.2, 0) is 34.0 Å². The fraction of sp³-hybridized carbons (Fsp3) is 0.294. The topological polar surface area (TPSA) is 60.0 Å². The number of phenolic OH excluding ortho intramolecular Hbond substituents is 1. The van der Waals surface area contributed by atoms with Crippen LogP contribution in [0.25, 0.3) is 0 Å². The molecule has 0 amide bonds. The molecule has 1 aliphatic rings. The van der Waals surface area contributed by atoms with Gasteiger partial charge in [-0.1, -0.05) is 97.1 Å². The highest BCUT2D eigenvalue weighted by Gasteiger charge is 2.46. The Morgan fingerprint density at radius 2 is 1.13 bits per heavy atom. The smallest absolute Gasteiger partial charge is 0.120 e. The first-order valence-electron chi connectivity index (χ1n) is 13.6. The third kappa shape index (κ3) is 6.94. The van der Waals surface area contributed by atoms with Crippen molar-refractivity contribution in [1.82, 2.24) is 5.32 Å². The lowest BCUT2D eigenvalue weighted by Crippen LogP contribution is -2.39. The summed E-state index contributed by atoms with van der Waals surface area (Å²) >= 11 is 0. The number of nitrogens with one attached hydrogen (secondary N) is 1. The number of rotatable bonds is 11. The minimum Gasteiger partial charge on any atom is -0.508 e. The highest BCUT2D eigenvalue weighted by Crippen LogP contribution is 2.38. The molecule has 39 heavy (non-hydrogen) atoms. The van der Waals surface area contributed by atoms with Crippen molar-refractivity contribution in [2.75, 3.05) is 6.61 Å². The number of ether oxygens (including phenoxy) is 3. The average Bonchev–Trinajstić information content (AvgIpc) is 3.31. The molecule has 5 rings (SSSR count). The molecule has 0 aromatic heterocycles. The van der Waals surface area contributed by atoms with E-state index in [9.17, 15) is 5.11 Å². The molecular weight excluding hydrogens is 486 g/mol. The van der Waals surface area contributed by atoms with Crippen LogP contribution in [0.3, 0.4) is 0 Å². The molecule has 1 saturated heterocycles. The van der Waals surface area contributed by atoms with Gasteiger partial charge in [-0.2, -0.15) is 0 Å². The number of aromatic hydroxyl groups is 1. The molecule has 4 atom stereocenters. The highest BCUT2D eigenvalue weighted by atomic mass is 16.5. The fourth-order valence-corrected chi connectivity index (χ4v) is 5.13. The van der Waals surface area contributed by atoms with Gasteiger partial charge in [-0.3, -0.25) is 0 Å². The second-order valence-electron chi connectivity index (χ2n) is 10.3. The molecule has 4 aromatic carbocycles. The Balaban J connectivity index is 1.42. The van der Waals surface area contributed by atoms with Gasteiger partial charge in [-0.15, -0.1) is 0 Å². The largest absolute Gasteiger partial charge is 0.508 e. The summed E-state index contributed by atoms with van der Waals surface area (Å²) < 4.78 is 19.4. The SMILES string of the molecule is Cc1cc(O)c([C@@H]2N[C@@H](COCc3ccccc3)[C@H](OCc3ccccc3)[C@H]2OCc2ccccc2)cc1C. The number of benzene rings is 4. The van der Waals surface area contributed by atoms with Crippen molar-refractivity contribution < 1.29 is 19.3 Å². The van der Waals surface area contributed by atoms with Gasteiger partial charge in [-0.25, -0.2) is 0 Å². The molecule has 1 heterocycles. The predicted molar refractivity (Wildman–Crippen MR) is 153 cm³/mol. The first-order valence-corrected chi connectivity index (χ1v) is 13.6. The second kappa shape index (κ2) is 13.0. The zero-order chi connectivity index (χ0) is 27.0. The standard InChI is InChI=1S/C34H37NO4/c1-24-18-29(31(36)19-25(24)2)32-34(39-22-28-16-10-5-11-17-28)33(38-21-27-14-8-4-9-15-27)30(35-32)23-37-20-26-12-6-3-7-13-26/h3-19,30,32-36H,20-23H2,1-2H3/t30-,32-,33-,34-/m0/s1. The number of hydrogen-bond donors (Lipinski definition) is 2. The summed E-state index contributed by atoms with van der Waals surface area (Å²) in [6.07, 6.45) is -0.636. The lowest BCUT2D eigenvalue weighted by atomic mass is 9.96. The summed E-state index contributed by atoms with van der Waals surface area (Å²) in [7, 11) is 0. The van der Waals surface area contributed by atoms with E-state index in [0.717, 1.165) is 33.4 Å². The van der Waals surface area contributed by atoms with Gasteiger partial charge in [0.25, 0.3) is 0 Å². The van der Waals surface area contributed by atoms with Crippen molar-refractivity contribution in [2.24, 2.45) is 0 Å². The third-order valence-electron chi connectivity index (χ3n) is 7.40. The summed E-state index contributed by atoms with van der Waals surface area (Å²) in [4.78, 5) is 0. The van der Waals surface area contributed by atoms with E-state index in [2.05, 4.69) is 54.7 Å². The van der Waals surface area contributed by atoms with Crippen molar-refractivity contribution in [3.05, 3.63) is 137 Å². The molecule has 0 aliphatic carbocycles. The van der Waals surface area contributed by atoms with Crippen molar-refractivity contribution in [3.8, 4) is 5.75 Å². The van der Waals surface area contributed by atoms with Gasteiger partial charge in [0.05, 0.1) is 38.5 Å². The van der Waals surface area contributed by atoms with Crippen molar-refractivity contribution in [2.45, 2.75) is 58.0 Å². The number of hydrogen-bond acceptors (Lipinski definition) is 5. The van der Waals surface area contributed by atoms with Gasteiger partial charge in [0, 0.05) is 5.56 Å². The van der Waals surface area contributed by atoms with E-state index in [-0.39, 0.29) is 30.0 Å². The van der Waals surface area contributed by atoms with Crippen LogP contribution < -0.4 is 5.32 Å². The van der Waals surface area contributed by atoms with E-state index < -0.39 is 0 Å². The molecule has 0 radical (unpaired) electrons. The van der Waals surface area contributed by atoms with Gasteiger partial charge in [-0.05, 0) is 47.7 Å². The summed E-state index contributed by atoms with van der Waals surface area (Å²) in [5.74, 6) is 0.261. The van der Waals surface area contributed by atoms with E-state index in [1.54, 1.807) is 0 Å². The average molecular weight is 524 g/mol. The molecule has 4 aromatic rings. The predicted octanol–water partition coefficient (Wildman–Crippen LogP) is 6.41. The Kier molecular flexibility index (Phi) is 9.07. The van der Waals surface area contributed by atoms with Crippen LogP contribution in [0.1, 0.15) is 39.4 Å². The van der Waals surface area contributed by atoms with Gasteiger partial charge >= 0.3 is 0 Å². The lowest BCUT2D eigenvalue weighted by molar-refractivity contribution is -0.0862. The summed E-state index contributed by atoms with van der Waals surface area (Å²) in [5, 5.41) is 14.7. The molecular formula is C34H37NO4. The molecule has 202 valence electrons. The minimum absolute atomic E-state index is 0.135. The lowest BCUT2D eigenvalue weighted by Gasteiger charge is -2.27. The van der Waals surface area contributed by atoms with Crippen molar-refractivity contribution in [1.29, 1.82) is 0 Å². The van der Waals surface area contributed by atoms with Gasteiger partial charge in [0.1, 0.15) is 18.0 Å². The first-order chi connectivity index (χ1) is 19.1.